The van der Waals surface area contributed by atoms with Crippen molar-refractivity contribution in [1.82, 2.24) is 25.1 Å². The van der Waals surface area contributed by atoms with Crippen molar-refractivity contribution >= 4 is 27.5 Å². The number of aromatic nitrogens is 2. The van der Waals surface area contributed by atoms with E-state index < -0.39 is 0 Å². The van der Waals surface area contributed by atoms with Gasteiger partial charge in [-0.2, -0.15) is 0 Å². The van der Waals surface area contributed by atoms with E-state index in [4.69, 9.17) is 14.5 Å². The predicted octanol–water partition coefficient (Wildman–Crippen LogP) is 2.37. The van der Waals surface area contributed by atoms with Crippen molar-refractivity contribution in [3.05, 3.63) is 50.4 Å². The number of piperazine rings is 1. The largest absolute Gasteiger partial charge is 0.486 e. The Bertz CT molecular complexity index is 1290. The van der Waals surface area contributed by atoms with Crippen molar-refractivity contribution in [2.24, 2.45) is 0 Å². The molecule has 2 aromatic heterocycles. The number of benzene rings is 1. The number of carbonyl (C=O) groups is 1. The standard InChI is InChI=1S/C25H31N5O4S/c1-15-17(3)35-25-23(15)24(32)27-21(28-25)13-29-6-8-30(9-7-29)14-22(31)26-16(2)18-4-5-19-20(12-18)34-11-10-33-19/h4-5,12,16H,6-11,13-14H2,1-3H3,(H,26,31)(H,27,28,32). The van der Waals surface area contributed by atoms with Gasteiger partial charge in [-0.1, -0.05) is 6.07 Å². The summed E-state index contributed by atoms with van der Waals surface area (Å²) in [5.74, 6) is 2.17. The van der Waals surface area contributed by atoms with Gasteiger partial charge in [0.05, 0.1) is 24.5 Å². The van der Waals surface area contributed by atoms with Crippen LogP contribution in [-0.2, 0) is 11.3 Å². The van der Waals surface area contributed by atoms with Gasteiger partial charge in [0, 0.05) is 31.1 Å². The molecule has 9 nitrogen and oxygen atoms in total. The molecule has 0 saturated carbocycles. The highest BCUT2D eigenvalue weighted by molar-refractivity contribution is 7.18. The summed E-state index contributed by atoms with van der Waals surface area (Å²) in [7, 11) is 0. The summed E-state index contributed by atoms with van der Waals surface area (Å²) in [6.07, 6.45) is 0. The Hall–Kier alpha value is -2.95. The monoisotopic (exact) mass is 497 g/mol. The summed E-state index contributed by atoms with van der Waals surface area (Å²) in [4.78, 5) is 39.2. The molecule has 1 unspecified atom stereocenters. The number of H-pyrrole nitrogens is 1. The first kappa shape index (κ1) is 23.8. The van der Waals surface area contributed by atoms with Crippen LogP contribution in [0.1, 0.15) is 34.8 Å². The Morgan fingerprint density at radius 2 is 1.86 bits per heavy atom. The molecule has 3 aromatic rings. The van der Waals surface area contributed by atoms with Crippen molar-refractivity contribution in [3.63, 3.8) is 0 Å². The summed E-state index contributed by atoms with van der Waals surface area (Å²) in [5.41, 5.74) is 1.94. The van der Waals surface area contributed by atoms with E-state index in [1.807, 2.05) is 39.0 Å². The molecular formula is C25H31N5O4S. The zero-order valence-corrected chi connectivity index (χ0v) is 21.2. The number of hydrogen-bond acceptors (Lipinski definition) is 8. The van der Waals surface area contributed by atoms with Crippen LogP contribution in [0.2, 0.25) is 0 Å². The zero-order valence-electron chi connectivity index (χ0n) is 20.3. The van der Waals surface area contributed by atoms with Gasteiger partial charge in [-0.05, 0) is 44.0 Å². The minimum absolute atomic E-state index is 0.000669. The summed E-state index contributed by atoms with van der Waals surface area (Å²) in [6, 6.07) is 5.67. The molecule has 0 radical (unpaired) electrons. The van der Waals surface area contributed by atoms with Gasteiger partial charge < -0.3 is 19.8 Å². The van der Waals surface area contributed by atoms with E-state index in [0.717, 1.165) is 58.5 Å². The quantitative estimate of drug-likeness (QED) is 0.539. The lowest BCUT2D eigenvalue weighted by Crippen LogP contribution is -2.49. The summed E-state index contributed by atoms with van der Waals surface area (Å²) in [6.45, 7) is 11.2. The van der Waals surface area contributed by atoms with E-state index in [0.29, 0.717) is 37.5 Å². The topological polar surface area (TPSA) is 99.8 Å². The second-order valence-electron chi connectivity index (χ2n) is 9.22. The smallest absolute Gasteiger partial charge is 0.259 e. The van der Waals surface area contributed by atoms with Crippen molar-refractivity contribution in [3.8, 4) is 11.5 Å². The van der Waals surface area contributed by atoms with Crippen molar-refractivity contribution in [2.45, 2.75) is 33.4 Å². The number of nitrogens with zero attached hydrogens (tertiary/aromatic N) is 3. The maximum Gasteiger partial charge on any atom is 0.259 e. The maximum atomic E-state index is 12.7. The predicted molar refractivity (Wildman–Crippen MR) is 135 cm³/mol. The number of amides is 1. The molecular weight excluding hydrogens is 466 g/mol. The molecule has 0 bridgehead atoms. The molecule has 2 aliphatic rings. The highest BCUT2D eigenvalue weighted by Gasteiger charge is 2.22. The summed E-state index contributed by atoms with van der Waals surface area (Å²) >= 11 is 1.57. The highest BCUT2D eigenvalue weighted by atomic mass is 32.1. The fourth-order valence-corrected chi connectivity index (χ4v) is 5.64. The fourth-order valence-electron chi connectivity index (χ4n) is 4.59. The molecule has 1 amide bonds. The second kappa shape index (κ2) is 9.96. The number of fused-ring (bicyclic) bond motifs is 2. The molecule has 186 valence electrons. The van der Waals surface area contributed by atoms with Crippen LogP contribution in [0.5, 0.6) is 11.5 Å². The maximum absolute atomic E-state index is 12.7. The van der Waals surface area contributed by atoms with Crippen LogP contribution in [0.4, 0.5) is 0 Å². The van der Waals surface area contributed by atoms with Gasteiger partial charge in [-0.25, -0.2) is 4.98 Å². The summed E-state index contributed by atoms with van der Waals surface area (Å²) in [5, 5.41) is 3.80. The Morgan fingerprint density at radius 1 is 1.14 bits per heavy atom. The highest BCUT2D eigenvalue weighted by Crippen LogP contribution is 2.32. The van der Waals surface area contributed by atoms with Crippen molar-refractivity contribution < 1.29 is 14.3 Å². The average molecular weight is 498 g/mol. The van der Waals surface area contributed by atoms with E-state index >= 15 is 0 Å². The normalized spacial score (nSPS) is 17.5. The van der Waals surface area contributed by atoms with Crippen LogP contribution in [0, 0.1) is 13.8 Å². The second-order valence-corrected chi connectivity index (χ2v) is 10.4. The Labute approximate surface area is 208 Å². The number of ether oxygens (including phenoxy) is 2. The molecule has 1 atom stereocenters. The number of aromatic amines is 1. The first-order chi connectivity index (χ1) is 16.9. The SMILES string of the molecule is Cc1sc2nc(CN3CCN(CC(=O)NC(C)c4ccc5c(c4)OCCO5)CC3)[nH]c(=O)c2c1C. The van der Waals surface area contributed by atoms with Crippen LogP contribution in [0.15, 0.2) is 23.0 Å². The van der Waals surface area contributed by atoms with Crippen LogP contribution in [0.3, 0.4) is 0 Å². The molecule has 2 aliphatic heterocycles. The fraction of sp³-hybridized carbons (Fsp3) is 0.480. The Balaban J connectivity index is 1.11. The lowest BCUT2D eigenvalue weighted by molar-refractivity contribution is -0.123. The number of thiophene rings is 1. The van der Waals surface area contributed by atoms with Gasteiger partial charge in [0.1, 0.15) is 23.9 Å². The van der Waals surface area contributed by atoms with Gasteiger partial charge in [-0.3, -0.25) is 19.4 Å². The van der Waals surface area contributed by atoms with Gasteiger partial charge in [0.15, 0.2) is 11.5 Å². The lowest BCUT2D eigenvalue weighted by Gasteiger charge is -2.34. The van der Waals surface area contributed by atoms with Gasteiger partial charge >= 0.3 is 0 Å². The Kier molecular flexibility index (Phi) is 6.77. The summed E-state index contributed by atoms with van der Waals surface area (Å²) < 4.78 is 11.2. The number of rotatable bonds is 6. The van der Waals surface area contributed by atoms with Crippen LogP contribution < -0.4 is 20.3 Å². The first-order valence-corrected chi connectivity index (χ1v) is 12.8. The van der Waals surface area contributed by atoms with Crippen LogP contribution in [0.25, 0.3) is 10.2 Å². The minimum atomic E-state index is -0.123. The van der Waals surface area contributed by atoms with Crippen molar-refractivity contribution in [2.75, 3.05) is 45.9 Å². The molecule has 1 fully saturated rings. The van der Waals surface area contributed by atoms with E-state index in [2.05, 4.69) is 20.1 Å². The van der Waals surface area contributed by atoms with Gasteiger partial charge in [0.25, 0.3) is 5.56 Å². The molecule has 0 aliphatic carbocycles. The number of aryl methyl sites for hydroxylation is 2. The number of carbonyl (C=O) groups excluding carboxylic acids is 1. The minimum Gasteiger partial charge on any atom is -0.486 e. The first-order valence-electron chi connectivity index (χ1n) is 12.0. The van der Waals surface area contributed by atoms with E-state index in [-0.39, 0.29) is 17.5 Å². The van der Waals surface area contributed by atoms with Crippen LogP contribution >= 0.6 is 11.3 Å². The lowest BCUT2D eigenvalue weighted by atomic mass is 10.1. The Morgan fingerprint density at radius 3 is 2.63 bits per heavy atom. The van der Waals surface area contributed by atoms with E-state index in [1.165, 1.54) is 0 Å². The third-order valence-electron chi connectivity index (χ3n) is 6.74. The number of nitrogens with one attached hydrogen (secondary N) is 2. The molecule has 35 heavy (non-hydrogen) atoms. The van der Waals surface area contributed by atoms with E-state index in [1.54, 1.807) is 11.3 Å². The number of hydrogen-bond donors (Lipinski definition) is 2. The molecule has 10 heteroatoms. The van der Waals surface area contributed by atoms with Gasteiger partial charge in [-0.15, -0.1) is 11.3 Å². The van der Waals surface area contributed by atoms with Crippen LogP contribution in [-0.4, -0.2) is 71.6 Å². The third kappa shape index (κ3) is 5.19. The molecule has 2 N–H and O–H groups in total. The van der Waals surface area contributed by atoms with Crippen molar-refractivity contribution in [1.29, 1.82) is 0 Å². The van der Waals surface area contributed by atoms with E-state index in [9.17, 15) is 9.59 Å². The average Bonchev–Trinajstić information content (AvgIpc) is 3.13. The molecule has 5 rings (SSSR count). The van der Waals surface area contributed by atoms with Gasteiger partial charge in [0.2, 0.25) is 5.91 Å². The zero-order chi connectivity index (χ0) is 24.5. The molecule has 1 saturated heterocycles. The third-order valence-corrected chi connectivity index (χ3v) is 7.84. The molecule has 4 heterocycles. The molecule has 0 spiro atoms. The molecule has 1 aromatic carbocycles.